The molecule has 0 spiro atoms. The summed E-state index contributed by atoms with van der Waals surface area (Å²) in [5.74, 6) is 6.07. The number of primary amides is 2. The summed E-state index contributed by atoms with van der Waals surface area (Å²) < 4.78 is 111. The zero-order valence-corrected chi connectivity index (χ0v) is 90.5. The smallest absolute Gasteiger partial charge is 0.416 e. The molecule has 0 saturated carbocycles. The van der Waals surface area contributed by atoms with E-state index in [0.717, 1.165) is 101 Å². The van der Waals surface area contributed by atoms with Crippen LogP contribution in [-0.4, -0.2) is 100 Å². The van der Waals surface area contributed by atoms with E-state index < -0.39 is 33.8 Å². The quantitative estimate of drug-likeness (QED) is 0.0262. The average molecular weight is 2090 g/mol. The molecule has 0 aliphatic heterocycles. The molecule has 0 aliphatic rings. The molecule has 13 rings (SSSR count). The van der Waals surface area contributed by atoms with E-state index in [1.165, 1.54) is 97.2 Å². The third-order valence-electron chi connectivity index (χ3n) is 19.8. The monoisotopic (exact) mass is 2080 g/mol. The Morgan fingerprint density at radius 1 is 0.377 bits per heavy atom. The van der Waals surface area contributed by atoms with Crippen LogP contribution in [0.3, 0.4) is 0 Å². The molecular formula is C113H135Cl3F4N10O15S. The highest BCUT2D eigenvalue weighted by molar-refractivity contribution is 7.89. The number of nitrogen functional groups attached to an aromatic ring is 1. The first kappa shape index (κ1) is 129. The van der Waals surface area contributed by atoms with Gasteiger partial charge in [0.1, 0.15) is 58.4 Å². The molecule has 13 aromatic rings. The molecule has 0 fully saturated rings. The van der Waals surface area contributed by atoms with E-state index >= 15 is 0 Å². The minimum absolute atomic E-state index is 0.0628. The first-order valence-electron chi connectivity index (χ1n) is 44.7. The number of nitrogens with two attached hydrogens (primary N) is 4. The van der Waals surface area contributed by atoms with Gasteiger partial charge in [-0.25, -0.2) is 27.5 Å². The van der Waals surface area contributed by atoms with Gasteiger partial charge in [-0.2, -0.15) is 13.2 Å². The molecule has 33 heteroatoms. The summed E-state index contributed by atoms with van der Waals surface area (Å²) in [4.78, 5) is 49.2. The van der Waals surface area contributed by atoms with E-state index in [4.69, 9.17) is 113 Å². The highest BCUT2D eigenvalue weighted by Gasteiger charge is 2.31. The van der Waals surface area contributed by atoms with Crippen molar-refractivity contribution in [2.24, 2.45) is 16.6 Å². The topological polar surface area (TPSA) is 357 Å². The molecule has 146 heavy (non-hydrogen) atoms. The lowest BCUT2D eigenvalue weighted by atomic mass is 10.1. The lowest BCUT2D eigenvalue weighted by Crippen LogP contribution is -2.19. The Morgan fingerprint density at radius 2 is 0.753 bits per heavy atom. The third kappa shape index (κ3) is 51.3. The maximum atomic E-state index is 12.3. The number of anilines is 5. The van der Waals surface area contributed by atoms with Crippen molar-refractivity contribution < 1.29 is 88.2 Å². The molecule has 0 atom stereocenters. The second-order valence-corrected chi connectivity index (χ2v) is 35.0. The fraction of sp³-hybridized carbons (Fsp3) is 0.257. The molecule has 0 bridgehead atoms. The van der Waals surface area contributed by atoms with Crippen LogP contribution in [0.2, 0.25) is 15.1 Å². The largest absolute Gasteiger partial charge is 0.496 e. The van der Waals surface area contributed by atoms with Crippen LogP contribution in [0.1, 0.15) is 114 Å². The summed E-state index contributed by atoms with van der Waals surface area (Å²) in [6.45, 7) is 49.7. The number of halogens is 7. The van der Waals surface area contributed by atoms with Crippen LogP contribution < -0.4 is 81.5 Å². The molecule has 13 aromatic carbocycles. The van der Waals surface area contributed by atoms with Gasteiger partial charge < -0.3 is 81.5 Å². The van der Waals surface area contributed by atoms with Crippen molar-refractivity contribution in [2.75, 3.05) is 90.0 Å². The minimum Gasteiger partial charge on any atom is -0.496 e. The molecular weight excluding hydrogens is 1950 g/mol. The van der Waals surface area contributed by atoms with Crippen molar-refractivity contribution in [1.29, 1.82) is 0 Å². The van der Waals surface area contributed by atoms with Gasteiger partial charge in [0.25, 0.3) is 0 Å². The van der Waals surface area contributed by atoms with Gasteiger partial charge in [-0.15, -0.1) is 0 Å². The molecule has 0 saturated heterocycles. The molecule has 0 aliphatic carbocycles. The Kier molecular flexibility index (Phi) is 59.6. The van der Waals surface area contributed by atoms with E-state index in [-0.39, 0.29) is 34.7 Å². The number of primary sulfonamides is 1. The number of aliphatic hydroxyl groups excluding tert-OH is 1. The van der Waals surface area contributed by atoms with Crippen molar-refractivity contribution in [3.63, 3.8) is 0 Å². The number of carbonyl (C=O) groups excluding carboxylic acids is 4. The van der Waals surface area contributed by atoms with Gasteiger partial charge >= 0.3 is 18.2 Å². The Labute approximate surface area is 872 Å². The second-order valence-electron chi connectivity index (χ2n) is 32.2. The minimum atomic E-state index is -4.22. The predicted octanol–water partition coefficient (Wildman–Crippen LogP) is 27.9. The zero-order chi connectivity index (χ0) is 111. The molecule has 13 N–H and O–H groups in total. The molecule has 782 valence electrons. The number of ether oxygens (including phenoxy) is 8. The fourth-order valence-electron chi connectivity index (χ4n) is 12.2. The predicted molar refractivity (Wildman–Crippen MR) is 586 cm³/mol. The maximum absolute atomic E-state index is 12.3. The number of rotatable bonds is 15. The summed E-state index contributed by atoms with van der Waals surface area (Å²) in [5, 5.41) is 25.9. The van der Waals surface area contributed by atoms with Crippen molar-refractivity contribution in [3.8, 4) is 46.0 Å². The lowest BCUT2D eigenvalue weighted by Gasteiger charge is -2.12. The van der Waals surface area contributed by atoms with Gasteiger partial charge in [0, 0.05) is 57.7 Å². The summed E-state index contributed by atoms with van der Waals surface area (Å²) in [7, 11) is 7.70. The number of nitrogens with one attached hydrogen (secondary N) is 4. The first-order valence-corrected chi connectivity index (χ1v) is 47.4. The molecule has 0 unspecified atom stereocenters. The fourth-order valence-corrected chi connectivity index (χ4v) is 13.5. The number of alkyl halides is 3. The van der Waals surface area contributed by atoms with Gasteiger partial charge in [0.15, 0.2) is 11.4 Å². The van der Waals surface area contributed by atoms with E-state index in [2.05, 4.69) is 82.9 Å². The first-order chi connectivity index (χ1) is 68.6. The molecule has 0 radical (unpaired) electrons. The average Bonchev–Trinajstić information content (AvgIpc) is 0.866. The van der Waals surface area contributed by atoms with Gasteiger partial charge in [-0.3, -0.25) is 19.3 Å². The van der Waals surface area contributed by atoms with Gasteiger partial charge in [0.2, 0.25) is 21.8 Å². The molecule has 25 nitrogen and oxygen atoms in total. The van der Waals surface area contributed by atoms with E-state index in [0.29, 0.717) is 62.2 Å². The highest BCUT2D eigenvalue weighted by Crippen LogP contribution is 2.35. The Morgan fingerprint density at radius 3 is 1.14 bits per heavy atom. The van der Waals surface area contributed by atoms with Crippen LogP contribution in [0.25, 0.3) is 9.69 Å². The maximum Gasteiger partial charge on any atom is 0.416 e. The number of nitrogens with zero attached hydrogens (tertiary/aromatic N) is 2. The molecule has 0 aromatic heterocycles. The molecule has 0 heterocycles. The van der Waals surface area contributed by atoms with Crippen LogP contribution in [0, 0.1) is 137 Å². The molecule has 6 amide bonds. The number of urea groups is 2. The highest BCUT2D eigenvalue weighted by atomic mass is 35.5. The van der Waals surface area contributed by atoms with Gasteiger partial charge in [-0.05, 0) is 317 Å². The number of sulfonamides is 1. The summed E-state index contributed by atoms with van der Waals surface area (Å²) in [6.07, 6.45) is -4.22. The third-order valence-corrected chi connectivity index (χ3v) is 21.8. The Hall–Kier alpha value is -15.0. The van der Waals surface area contributed by atoms with Crippen molar-refractivity contribution in [2.45, 2.75) is 143 Å². The standard InChI is InChI=1S/C11H15NO3.C10H13NO2.C10H14O2.C10H14O.C9H12N2O2.C9H6N2.C9H12O.C8H7F3.C8H10N2O.C8H11NO3S.C7H7Cl2N.C7H7Cl.C7H7F/c1-7-5-11(15-4)9(12-8(2)13)6-10(7)14-3;1-7-6-9(11-8(2)12)4-5-10(7)13-3;1-8-3-4-10(9(2)7-8)12-6-5-11;1-7-5-9(3)10(11-4)6-8(7)2;1-6-5-7(11-9(10)12)3-4-8(6)13-2;1-7-4-5-8(10-2)9(6-7)11-3;1-7-4-5-9(10-3)8(2)6-7;1-6-4-2-3-5-7(6)8(9,10)11;1-6-3-2-4-7(5-6)10-8(9)11;1-6-5-7(13(9,10)11)3-4-8(6)12-2;1-4-6(8)2-5(10)3-7(4)9;1-6-2-4-7(8)5-3-6;1-6-4-2-3-5-7(6)8/h5-6H,1-4H3,(H,12,13);4-6H,1-3H3,(H,11,12);3-4,7,11H,5-6H2,1-2H3;5-6H,1-4H3;3-5H,1-2H3,(H3,10,11,12);4-6H,1H3;4-6H,1-3H3;2-5H,1H3;2-5H,1H3,(H3,9,10,11);3-5H,1-2H3,(H2,9,10,11);2-3H,10H2,1H3;2*2-5H,1H3. The van der Waals surface area contributed by atoms with Crippen LogP contribution >= 0.6 is 34.8 Å². The van der Waals surface area contributed by atoms with Crippen molar-refractivity contribution in [1.82, 2.24) is 0 Å². The number of amides is 6. The van der Waals surface area contributed by atoms with E-state index in [9.17, 15) is 45.2 Å². The number of hydrogen-bond donors (Lipinski definition) is 9. The lowest BCUT2D eigenvalue weighted by molar-refractivity contribution is -0.138. The number of aryl methyl sites for hydroxylation is 16. The number of carbonyl (C=O) groups is 4. The summed E-state index contributed by atoms with van der Waals surface area (Å²) in [5.41, 5.74) is 36.6. The summed E-state index contributed by atoms with van der Waals surface area (Å²) in [6, 6.07) is 70.1. The second kappa shape index (κ2) is 67.5. The van der Waals surface area contributed by atoms with Crippen molar-refractivity contribution >= 4 is 109 Å². The van der Waals surface area contributed by atoms with Crippen LogP contribution in [-0.2, 0) is 25.8 Å². The van der Waals surface area contributed by atoms with Crippen LogP contribution in [0.4, 0.5) is 67.0 Å². The number of aliphatic hydroxyl groups is 1. The number of benzene rings is 13. The van der Waals surface area contributed by atoms with Crippen LogP contribution in [0.5, 0.6) is 46.0 Å². The van der Waals surface area contributed by atoms with E-state index in [1.54, 1.807) is 135 Å². The number of methoxy groups -OCH3 is 7. The van der Waals surface area contributed by atoms with Gasteiger partial charge in [0.05, 0.1) is 85.7 Å². The number of hydrogen-bond acceptors (Lipinski definition) is 16. The van der Waals surface area contributed by atoms with Crippen molar-refractivity contribution in [3.05, 3.63) is 387 Å². The normalized spacial score (nSPS) is 9.76. The zero-order valence-electron chi connectivity index (χ0n) is 87.4. The Bertz CT molecular complexity index is 6430. The van der Waals surface area contributed by atoms with Gasteiger partial charge in [-0.1, -0.05) is 166 Å². The van der Waals surface area contributed by atoms with E-state index in [1.807, 2.05) is 172 Å². The summed E-state index contributed by atoms with van der Waals surface area (Å²) >= 11 is 17.1. The van der Waals surface area contributed by atoms with Crippen LogP contribution in [0.15, 0.2) is 248 Å². The Balaban J connectivity index is 0.000000793. The SMILES string of the molecule is COc1cc(C)c(C)cc1C.COc1cc(NC(C)=O)c(OC)cc1C.COc1ccc(C)cc1C.COc1ccc(NC(C)=O)cc1C.COc1ccc(NC(N)=O)cc1C.COc1ccc(S(N)(=O)=O)cc1C.Cc1c(Cl)cc(N)cc1Cl.Cc1ccc(Cl)cc1.Cc1ccc(OCCO)c(C)c1.Cc1cccc(NC(N)=O)c1.Cc1ccccc1C(F)(F)F.Cc1ccccc1F.[C-]#[N+]c1ccc(C)cc1[N+]#[C-].